The van der Waals surface area contributed by atoms with Gasteiger partial charge in [0.1, 0.15) is 5.52 Å². The molecular formula is C25H27N5O. The second-order valence-electron chi connectivity index (χ2n) is 8.29. The molecule has 1 amide bonds. The first-order valence-corrected chi connectivity index (χ1v) is 11.1. The summed E-state index contributed by atoms with van der Waals surface area (Å²) in [5, 5.41) is 5.27. The minimum atomic E-state index is -0.0215. The molecule has 4 aromatic rings. The number of aryl methyl sites for hydroxylation is 3. The highest BCUT2D eigenvalue weighted by Crippen LogP contribution is 2.30. The smallest absolute Gasteiger partial charge is 0.251 e. The van der Waals surface area contributed by atoms with E-state index in [9.17, 15) is 4.79 Å². The molecule has 2 aromatic carbocycles. The average molecular weight is 414 g/mol. The number of hydrogen-bond donors (Lipinski definition) is 2. The van der Waals surface area contributed by atoms with Gasteiger partial charge in [0.05, 0.1) is 11.8 Å². The monoisotopic (exact) mass is 413 g/mol. The lowest BCUT2D eigenvalue weighted by molar-refractivity contribution is 0.0953. The van der Waals surface area contributed by atoms with Crippen molar-refractivity contribution in [2.75, 3.05) is 12.3 Å². The van der Waals surface area contributed by atoms with Crippen LogP contribution in [0.25, 0.3) is 21.8 Å². The highest BCUT2D eigenvalue weighted by Gasteiger charge is 2.19. The Bertz CT molecular complexity index is 1260. The van der Waals surface area contributed by atoms with Crippen LogP contribution in [0.4, 0.5) is 5.82 Å². The van der Waals surface area contributed by atoms with Gasteiger partial charge >= 0.3 is 0 Å². The van der Waals surface area contributed by atoms with Crippen LogP contribution in [0.15, 0.2) is 48.8 Å². The third kappa shape index (κ3) is 3.85. The maximum Gasteiger partial charge on any atom is 0.251 e. The third-order valence-electron chi connectivity index (χ3n) is 6.18. The first kappa shape index (κ1) is 19.5. The molecule has 0 saturated carbocycles. The molecule has 0 bridgehead atoms. The maximum absolute atomic E-state index is 12.5. The topological polar surface area (TPSA) is 85.8 Å². The molecule has 0 aliphatic heterocycles. The van der Waals surface area contributed by atoms with Gasteiger partial charge in [0.15, 0.2) is 5.82 Å². The number of imidazole rings is 1. The Labute approximate surface area is 181 Å². The number of benzene rings is 2. The van der Waals surface area contributed by atoms with E-state index < -0.39 is 0 Å². The van der Waals surface area contributed by atoms with Crippen LogP contribution in [0.1, 0.15) is 47.3 Å². The van der Waals surface area contributed by atoms with Gasteiger partial charge < -0.3 is 15.6 Å². The number of carbonyl (C=O) groups excluding carboxylic acids is 1. The number of aromatic nitrogens is 3. The van der Waals surface area contributed by atoms with Crippen molar-refractivity contribution in [3.05, 3.63) is 65.6 Å². The predicted molar refractivity (Wildman–Crippen MR) is 124 cm³/mol. The molecule has 0 fully saturated rings. The Morgan fingerprint density at radius 2 is 1.90 bits per heavy atom. The Balaban J connectivity index is 1.19. The summed E-state index contributed by atoms with van der Waals surface area (Å²) in [6.07, 6.45) is 8.16. The molecule has 3 N–H and O–H groups in total. The van der Waals surface area contributed by atoms with Gasteiger partial charge in [0.2, 0.25) is 0 Å². The Hall–Kier alpha value is -3.41. The second-order valence-corrected chi connectivity index (χ2v) is 8.29. The molecule has 0 spiro atoms. The minimum Gasteiger partial charge on any atom is -0.382 e. The Morgan fingerprint density at radius 1 is 1.06 bits per heavy atom. The summed E-state index contributed by atoms with van der Waals surface area (Å²) >= 11 is 0. The van der Waals surface area contributed by atoms with Crippen LogP contribution in [0.2, 0.25) is 0 Å². The van der Waals surface area contributed by atoms with E-state index in [0.717, 1.165) is 59.7 Å². The summed E-state index contributed by atoms with van der Waals surface area (Å²) in [5.74, 6) is 0.517. The van der Waals surface area contributed by atoms with E-state index in [4.69, 9.17) is 5.73 Å². The molecule has 0 unspecified atom stereocenters. The van der Waals surface area contributed by atoms with E-state index in [1.165, 1.54) is 18.4 Å². The summed E-state index contributed by atoms with van der Waals surface area (Å²) in [5.41, 5.74) is 11.3. The van der Waals surface area contributed by atoms with Gasteiger partial charge in [-0.15, -0.1) is 0 Å². The Kier molecular flexibility index (Phi) is 5.28. The van der Waals surface area contributed by atoms with Crippen LogP contribution in [-0.2, 0) is 19.4 Å². The standard InChI is InChI=1S/C25H27N5O/c26-24-22-23(20-9-3-4-10-21(20)29-24)30(16-28-22)14-6-5-13-27-25(31)19-12-11-17-7-1-2-8-18(17)15-19/h1-2,7-8,11-12,15-16H,3-6,9-10,13-14H2,(H2,26,29)(H,27,31). The van der Waals surface area contributed by atoms with E-state index in [2.05, 4.69) is 25.9 Å². The molecule has 2 aromatic heterocycles. The SMILES string of the molecule is Nc1nc2c(c3c1ncn3CCCCNC(=O)c1ccc3ccccc3c1)CCCC2. The van der Waals surface area contributed by atoms with Gasteiger partial charge in [-0.2, -0.15) is 0 Å². The second kappa shape index (κ2) is 8.38. The predicted octanol–water partition coefficient (Wildman–Crippen LogP) is 4.26. The summed E-state index contributed by atoms with van der Waals surface area (Å²) in [7, 11) is 0. The summed E-state index contributed by atoms with van der Waals surface area (Å²) in [6, 6.07) is 13.9. The van der Waals surface area contributed by atoms with Gasteiger partial charge in [-0.05, 0) is 67.0 Å². The number of nitrogens with zero attached hydrogens (tertiary/aromatic N) is 3. The van der Waals surface area contributed by atoms with Crippen molar-refractivity contribution in [2.24, 2.45) is 0 Å². The van der Waals surface area contributed by atoms with Crippen LogP contribution in [0.5, 0.6) is 0 Å². The highest BCUT2D eigenvalue weighted by molar-refractivity contribution is 5.98. The van der Waals surface area contributed by atoms with Crippen LogP contribution in [0.3, 0.4) is 0 Å². The normalized spacial score (nSPS) is 13.4. The van der Waals surface area contributed by atoms with Crippen LogP contribution < -0.4 is 11.1 Å². The van der Waals surface area contributed by atoms with Crippen molar-refractivity contribution in [1.82, 2.24) is 19.9 Å². The van der Waals surface area contributed by atoms with Gasteiger partial charge in [0, 0.05) is 24.3 Å². The molecule has 1 aliphatic carbocycles. The van der Waals surface area contributed by atoms with E-state index in [-0.39, 0.29) is 5.91 Å². The number of unbranched alkanes of at least 4 members (excludes halogenated alkanes) is 1. The number of nitrogens with two attached hydrogens (primary N) is 1. The molecule has 31 heavy (non-hydrogen) atoms. The molecular weight excluding hydrogens is 386 g/mol. The first-order valence-electron chi connectivity index (χ1n) is 11.1. The number of nitrogens with one attached hydrogen (secondary N) is 1. The average Bonchev–Trinajstić information content (AvgIpc) is 3.23. The van der Waals surface area contributed by atoms with E-state index in [1.54, 1.807) is 0 Å². The lowest BCUT2D eigenvalue weighted by atomic mass is 9.95. The van der Waals surface area contributed by atoms with Crippen molar-refractivity contribution < 1.29 is 4.79 Å². The number of carbonyl (C=O) groups is 1. The fraction of sp³-hybridized carbons (Fsp3) is 0.320. The van der Waals surface area contributed by atoms with Crippen molar-refractivity contribution in [2.45, 2.75) is 45.1 Å². The van der Waals surface area contributed by atoms with Crippen molar-refractivity contribution in [3.8, 4) is 0 Å². The first-order chi connectivity index (χ1) is 15.2. The van der Waals surface area contributed by atoms with E-state index >= 15 is 0 Å². The lowest BCUT2D eigenvalue weighted by Crippen LogP contribution is -2.24. The molecule has 6 heteroatoms. The quantitative estimate of drug-likeness (QED) is 0.463. The van der Waals surface area contributed by atoms with E-state index in [0.29, 0.717) is 17.9 Å². The maximum atomic E-state index is 12.5. The number of amides is 1. The lowest BCUT2D eigenvalue weighted by Gasteiger charge is -2.17. The molecule has 0 radical (unpaired) electrons. The van der Waals surface area contributed by atoms with Crippen LogP contribution in [-0.4, -0.2) is 27.0 Å². The Morgan fingerprint density at radius 3 is 2.81 bits per heavy atom. The van der Waals surface area contributed by atoms with Crippen LogP contribution in [0, 0.1) is 0 Å². The third-order valence-corrected chi connectivity index (χ3v) is 6.18. The number of rotatable bonds is 6. The number of nitrogen functional groups attached to an aromatic ring is 1. The molecule has 0 saturated heterocycles. The molecule has 0 atom stereocenters. The largest absolute Gasteiger partial charge is 0.382 e. The van der Waals surface area contributed by atoms with Crippen molar-refractivity contribution in [3.63, 3.8) is 0 Å². The zero-order chi connectivity index (χ0) is 21.2. The molecule has 5 rings (SSSR count). The van der Waals surface area contributed by atoms with Crippen molar-refractivity contribution >= 4 is 33.5 Å². The number of fused-ring (bicyclic) bond motifs is 4. The van der Waals surface area contributed by atoms with Crippen molar-refractivity contribution in [1.29, 1.82) is 0 Å². The van der Waals surface area contributed by atoms with Crippen LogP contribution >= 0.6 is 0 Å². The fourth-order valence-corrected chi connectivity index (χ4v) is 4.56. The summed E-state index contributed by atoms with van der Waals surface area (Å²) in [4.78, 5) is 21.6. The van der Waals surface area contributed by atoms with Gasteiger partial charge in [0.25, 0.3) is 5.91 Å². The fourth-order valence-electron chi connectivity index (χ4n) is 4.56. The molecule has 6 nitrogen and oxygen atoms in total. The van der Waals surface area contributed by atoms with Gasteiger partial charge in [-0.3, -0.25) is 4.79 Å². The molecule has 2 heterocycles. The molecule has 1 aliphatic rings. The number of hydrogen-bond acceptors (Lipinski definition) is 4. The zero-order valence-corrected chi connectivity index (χ0v) is 17.6. The zero-order valence-electron chi connectivity index (χ0n) is 17.6. The minimum absolute atomic E-state index is 0.0215. The summed E-state index contributed by atoms with van der Waals surface area (Å²) in [6.45, 7) is 1.51. The van der Waals surface area contributed by atoms with Gasteiger partial charge in [-0.25, -0.2) is 9.97 Å². The molecule has 158 valence electrons. The highest BCUT2D eigenvalue weighted by atomic mass is 16.1. The number of pyridine rings is 1. The van der Waals surface area contributed by atoms with Gasteiger partial charge in [-0.1, -0.05) is 30.3 Å². The summed E-state index contributed by atoms with van der Waals surface area (Å²) < 4.78 is 2.21. The number of anilines is 1. The van der Waals surface area contributed by atoms with E-state index in [1.807, 2.05) is 42.7 Å².